The summed E-state index contributed by atoms with van der Waals surface area (Å²) in [6, 6.07) is 0. The summed E-state index contributed by atoms with van der Waals surface area (Å²) >= 11 is 1.17. The minimum Gasteiger partial charge on any atom is -0.382 e. The SMILES string of the molecule is CC(C)CN(CC(C)C)c1snc(N)c1S(C)(=O)=O. The van der Waals surface area contributed by atoms with Crippen LogP contribution in [0.25, 0.3) is 0 Å². The molecule has 0 radical (unpaired) electrons. The van der Waals surface area contributed by atoms with E-state index in [1.807, 2.05) is 0 Å². The summed E-state index contributed by atoms with van der Waals surface area (Å²) in [6.45, 7) is 10.0. The van der Waals surface area contributed by atoms with Gasteiger partial charge < -0.3 is 10.6 Å². The molecule has 7 heteroatoms. The van der Waals surface area contributed by atoms with Crippen LogP contribution in [0.2, 0.25) is 0 Å². The van der Waals surface area contributed by atoms with Crippen LogP contribution in [0.4, 0.5) is 10.8 Å². The Morgan fingerprint density at radius 1 is 1.21 bits per heavy atom. The van der Waals surface area contributed by atoms with Gasteiger partial charge in [0.15, 0.2) is 15.7 Å². The number of nitrogen functional groups attached to an aromatic ring is 1. The van der Waals surface area contributed by atoms with E-state index in [1.165, 1.54) is 17.8 Å². The van der Waals surface area contributed by atoms with Crippen LogP contribution in [0.5, 0.6) is 0 Å². The molecule has 0 bridgehead atoms. The minimum absolute atomic E-state index is 0.111. The fourth-order valence-corrected chi connectivity index (χ4v) is 4.18. The van der Waals surface area contributed by atoms with Crippen molar-refractivity contribution in [2.45, 2.75) is 32.6 Å². The molecule has 2 N–H and O–H groups in total. The Hall–Kier alpha value is -0.820. The molecular weight excluding hydrogens is 282 g/mol. The third-order valence-corrected chi connectivity index (χ3v) is 4.68. The highest BCUT2D eigenvalue weighted by Gasteiger charge is 2.26. The molecule has 1 heterocycles. The highest BCUT2D eigenvalue weighted by Crippen LogP contribution is 2.35. The number of nitrogens with zero attached hydrogens (tertiary/aromatic N) is 2. The van der Waals surface area contributed by atoms with Gasteiger partial charge in [0.05, 0.1) is 0 Å². The van der Waals surface area contributed by atoms with Crippen molar-refractivity contribution in [3.05, 3.63) is 0 Å². The second kappa shape index (κ2) is 6.09. The van der Waals surface area contributed by atoms with E-state index in [9.17, 15) is 8.42 Å². The number of nitrogens with two attached hydrogens (primary N) is 1. The normalized spacial score (nSPS) is 12.4. The molecule has 0 saturated carbocycles. The maximum absolute atomic E-state index is 11.9. The lowest BCUT2D eigenvalue weighted by Gasteiger charge is -2.27. The average molecular weight is 305 g/mol. The lowest BCUT2D eigenvalue weighted by molar-refractivity contribution is 0.551. The first-order chi connectivity index (χ1) is 8.62. The van der Waals surface area contributed by atoms with E-state index in [2.05, 4.69) is 37.0 Å². The number of rotatable bonds is 6. The van der Waals surface area contributed by atoms with Gasteiger partial charge in [0.1, 0.15) is 9.90 Å². The molecule has 0 aliphatic carbocycles. The second-order valence-electron chi connectivity index (χ2n) is 5.67. The van der Waals surface area contributed by atoms with Crippen molar-refractivity contribution in [2.24, 2.45) is 11.8 Å². The summed E-state index contributed by atoms with van der Waals surface area (Å²) in [5.74, 6) is 0.990. The number of aromatic nitrogens is 1. The Morgan fingerprint density at radius 2 is 1.68 bits per heavy atom. The Labute approximate surface area is 119 Å². The lowest BCUT2D eigenvalue weighted by Crippen LogP contribution is -2.31. The van der Waals surface area contributed by atoms with Crippen molar-refractivity contribution in [1.29, 1.82) is 0 Å². The summed E-state index contributed by atoms with van der Waals surface area (Å²) in [7, 11) is -3.36. The molecule has 0 atom stereocenters. The van der Waals surface area contributed by atoms with Crippen LogP contribution in [0.3, 0.4) is 0 Å². The summed E-state index contributed by atoms with van der Waals surface area (Å²) in [4.78, 5) is 2.26. The zero-order valence-electron chi connectivity index (χ0n) is 12.2. The minimum atomic E-state index is -3.36. The fourth-order valence-electron chi connectivity index (χ4n) is 1.96. The molecule has 1 aromatic heterocycles. The van der Waals surface area contributed by atoms with Gasteiger partial charge in [0, 0.05) is 19.3 Å². The Morgan fingerprint density at radius 3 is 2.05 bits per heavy atom. The van der Waals surface area contributed by atoms with Gasteiger partial charge in [-0.1, -0.05) is 27.7 Å². The van der Waals surface area contributed by atoms with Gasteiger partial charge in [0.25, 0.3) is 0 Å². The lowest BCUT2D eigenvalue weighted by atomic mass is 10.1. The van der Waals surface area contributed by atoms with E-state index in [0.29, 0.717) is 16.8 Å². The van der Waals surface area contributed by atoms with Gasteiger partial charge >= 0.3 is 0 Å². The first-order valence-electron chi connectivity index (χ1n) is 6.33. The molecule has 5 nitrogen and oxygen atoms in total. The highest BCUT2D eigenvalue weighted by atomic mass is 32.2. The van der Waals surface area contributed by atoms with E-state index in [4.69, 9.17) is 5.73 Å². The third kappa shape index (κ3) is 4.35. The van der Waals surface area contributed by atoms with E-state index < -0.39 is 9.84 Å². The van der Waals surface area contributed by atoms with Crippen LogP contribution in [0, 0.1) is 11.8 Å². The van der Waals surface area contributed by atoms with Crippen LogP contribution in [0.1, 0.15) is 27.7 Å². The molecule has 0 unspecified atom stereocenters. The zero-order chi connectivity index (χ0) is 14.8. The van der Waals surface area contributed by atoms with E-state index in [1.54, 1.807) is 0 Å². The molecule has 0 aromatic carbocycles. The number of hydrogen-bond acceptors (Lipinski definition) is 6. The topological polar surface area (TPSA) is 76.3 Å². The molecule has 0 aliphatic rings. The molecule has 0 amide bonds. The predicted molar refractivity (Wildman–Crippen MR) is 81.5 cm³/mol. The van der Waals surface area contributed by atoms with Crippen LogP contribution in [-0.4, -0.2) is 32.1 Å². The van der Waals surface area contributed by atoms with Crippen LogP contribution >= 0.6 is 11.5 Å². The molecule has 1 aromatic rings. The molecule has 0 spiro atoms. The van der Waals surface area contributed by atoms with Gasteiger partial charge in [-0.05, 0) is 23.4 Å². The van der Waals surface area contributed by atoms with Crippen molar-refractivity contribution in [2.75, 3.05) is 30.0 Å². The van der Waals surface area contributed by atoms with Gasteiger partial charge in [0.2, 0.25) is 0 Å². The quantitative estimate of drug-likeness (QED) is 0.872. The number of sulfone groups is 1. The Kier molecular flexibility index (Phi) is 5.20. The third-order valence-electron chi connectivity index (χ3n) is 2.49. The molecule has 110 valence electrons. The maximum atomic E-state index is 11.9. The average Bonchev–Trinajstić information content (AvgIpc) is 2.56. The van der Waals surface area contributed by atoms with Gasteiger partial charge in [-0.25, -0.2) is 8.42 Å². The van der Waals surface area contributed by atoms with Gasteiger partial charge in [-0.2, -0.15) is 4.37 Å². The van der Waals surface area contributed by atoms with Crippen LogP contribution in [0.15, 0.2) is 4.90 Å². The highest BCUT2D eigenvalue weighted by molar-refractivity contribution is 7.91. The molecule has 0 fully saturated rings. The van der Waals surface area contributed by atoms with Crippen molar-refractivity contribution in [3.63, 3.8) is 0 Å². The molecular formula is C12H23N3O2S2. The van der Waals surface area contributed by atoms with Crippen molar-refractivity contribution in [3.8, 4) is 0 Å². The first kappa shape index (κ1) is 16.2. The van der Waals surface area contributed by atoms with Crippen molar-refractivity contribution in [1.82, 2.24) is 4.37 Å². The molecule has 19 heavy (non-hydrogen) atoms. The largest absolute Gasteiger partial charge is 0.382 e. The summed E-state index contributed by atoms with van der Waals surface area (Å²) in [5.41, 5.74) is 5.72. The summed E-state index contributed by atoms with van der Waals surface area (Å²) in [5, 5.41) is 0.669. The Bertz CT molecular complexity index is 511. The Balaban J connectivity index is 3.23. The monoisotopic (exact) mass is 305 g/mol. The summed E-state index contributed by atoms with van der Waals surface area (Å²) in [6.07, 6.45) is 1.18. The first-order valence-corrected chi connectivity index (χ1v) is 8.99. The molecule has 0 saturated heterocycles. The standard InChI is InChI=1S/C12H23N3O2S2/c1-8(2)6-15(7-9(3)4)12-10(19(5,16)17)11(13)14-18-12/h8-9H,6-7H2,1-5H3,(H2,13,14). The maximum Gasteiger partial charge on any atom is 0.182 e. The van der Waals surface area contributed by atoms with Crippen molar-refractivity contribution < 1.29 is 8.42 Å². The fraction of sp³-hybridized carbons (Fsp3) is 0.750. The number of anilines is 2. The smallest absolute Gasteiger partial charge is 0.182 e. The zero-order valence-corrected chi connectivity index (χ0v) is 13.8. The number of hydrogen-bond donors (Lipinski definition) is 1. The predicted octanol–water partition coefficient (Wildman–Crippen LogP) is 2.25. The van der Waals surface area contributed by atoms with E-state index in [-0.39, 0.29) is 10.7 Å². The van der Waals surface area contributed by atoms with E-state index in [0.717, 1.165) is 13.1 Å². The summed E-state index contributed by atoms with van der Waals surface area (Å²) < 4.78 is 27.8. The second-order valence-corrected chi connectivity index (χ2v) is 8.37. The van der Waals surface area contributed by atoms with Crippen LogP contribution in [-0.2, 0) is 9.84 Å². The molecule has 1 rings (SSSR count). The molecule has 0 aliphatic heterocycles. The van der Waals surface area contributed by atoms with Gasteiger partial charge in [-0.3, -0.25) is 0 Å². The van der Waals surface area contributed by atoms with E-state index >= 15 is 0 Å². The van der Waals surface area contributed by atoms with Crippen molar-refractivity contribution >= 4 is 32.2 Å². The van der Waals surface area contributed by atoms with Gasteiger partial charge in [-0.15, -0.1) is 0 Å². The van der Waals surface area contributed by atoms with Crippen LogP contribution < -0.4 is 10.6 Å².